The van der Waals surface area contributed by atoms with Crippen molar-refractivity contribution in [2.75, 3.05) is 24.5 Å². The molecule has 0 aliphatic carbocycles. The van der Waals surface area contributed by atoms with Gasteiger partial charge >= 0.3 is 0 Å². The minimum atomic E-state index is 0.305. The highest BCUT2D eigenvalue weighted by atomic mass is 15.4. The van der Waals surface area contributed by atoms with E-state index in [1.54, 1.807) is 0 Å². The van der Waals surface area contributed by atoms with Gasteiger partial charge in [-0.25, -0.2) is 4.98 Å². The van der Waals surface area contributed by atoms with Gasteiger partial charge in [0.2, 0.25) is 0 Å². The number of hydrogen-bond acceptors (Lipinski definition) is 4. The zero-order valence-corrected chi connectivity index (χ0v) is 15.0. The third-order valence-corrected chi connectivity index (χ3v) is 5.11. The van der Waals surface area contributed by atoms with Crippen LogP contribution < -0.4 is 10.2 Å². The molecular formula is C22H21N5. The average molecular weight is 355 g/mol. The lowest BCUT2D eigenvalue weighted by atomic mass is 10.0. The highest BCUT2D eigenvalue weighted by Gasteiger charge is 2.23. The largest absolute Gasteiger partial charge is 0.353 e. The molecule has 1 saturated heterocycles. The summed E-state index contributed by atoms with van der Waals surface area (Å²) in [6.45, 7) is 2.78. The maximum atomic E-state index is 4.80. The lowest BCUT2D eigenvalue weighted by molar-refractivity contribution is 0.467. The maximum absolute atomic E-state index is 4.80. The van der Waals surface area contributed by atoms with Gasteiger partial charge in [0.25, 0.3) is 0 Å². The van der Waals surface area contributed by atoms with Gasteiger partial charge in [-0.15, -0.1) is 0 Å². The first-order chi connectivity index (χ1) is 13.4. The Hall–Kier alpha value is -3.18. The van der Waals surface area contributed by atoms with Crippen molar-refractivity contribution in [1.29, 1.82) is 0 Å². The third kappa shape index (κ3) is 3.06. The number of piperazine rings is 1. The minimum absolute atomic E-state index is 0.305. The van der Waals surface area contributed by atoms with E-state index in [0.717, 1.165) is 42.4 Å². The molecule has 1 aliphatic rings. The molecule has 2 aromatic heterocycles. The van der Waals surface area contributed by atoms with Crippen LogP contribution in [-0.2, 0) is 0 Å². The summed E-state index contributed by atoms with van der Waals surface area (Å²) in [5.74, 6) is 1.09. The van der Waals surface area contributed by atoms with Gasteiger partial charge in [0.05, 0.1) is 11.9 Å². The molecule has 4 aromatic rings. The molecule has 5 nitrogen and oxygen atoms in total. The van der Waals surface area contributed by atoms with Crippen LogP contribution in [0.1, 0.15) is 11.6 Å². The van der Waals surface area contributed by atoms with Crippen LogP contribution in [0.15, 0.2) is 79.0 Å². The van der Waals surface area contributed by atoms with Crippen molar-refractivity contribution in [3.8, 4) is 11.3 Å². The van der Waals surface area contributed by atoms with Crippen molar-refractivity contribution in [3.63, 3.8) is 0 Å². The average Bonchev–Trinajstić information content (AvgIpc) is 3.23. The summed E-state index contributed by atoms with van der Waals surface area (Å²) in [4.78, 5) is 7.20. The van der Waals surface area contributed by atoms with Gasteiger partial charge in [-0.3, -0.25) is 0 Å². The van der Waals surface area contributed by atoms with E-state index in [0.29, 0.717) is 6.04 Å². The van der Waals surface area contributed by atoms with Crippen LogP contribution in [0.5, 0.6) is 0 Å². The van der Waals surface area contributed by atoms with E-state index >= 15 is 0 Å². The van der Waals surface area contributed by atoms with Crippen LogP contribution >= 0.6 is 0 Å². The first kappa shape index (κ1) is 16.0. The second-order valence-corrected chi connectivity index (χ2v) is 6.83. The smallest absolute Gasteiger partial charge is 0.157 e. The Morgan fingerprint density at radius 1 is 0.926 bits per heavy atom. The van der Waals surface area contributed by atoms with Gasteiger partial charge in [0.1, 0.15) is 5.82 Å². The molecule has 27 heavy (non-hydrogen) atoms. The Balaban J connectivity index is 1.55. The molecule has 5 rings (SSSR count). The summed E-state index contributed by atoms with van der Waals surface area (Å²) in [5.41, 5.74) is 4.29. The summed E-state index contributed by atoms with van der Waals surface area (Å²) in [5, 5.41) is 8.15. The number of benzene rings is 2. The number of aromatic nitrogens is 3. The van der Waals surface area contributed by atoms with Gasteiger partial charge in [0.15, 0.2) is 5.65 Å². The quantitative estimate of drug-likeness (QED) is 0.610. The zero-order chi connectivity index (χ0) is 18.1. The van der Waals surface area contributed by atoms with E-state index in [1.165, 1.54) is 5.56 Å². The standard InChI is InChI=1S/C22H21N5/c1-3-7-17(8-4-1)19-15-22(27-21(25-19)11-12-24-27)26-14-13-23-20(16-26)18-9-5-2-6-10-18/h1-12,15,20,23H,13-14,16H2/t20-/m0/s1. The van der Waals surface area contributed by atoms with Crippen molar-refractivity contribution in [1.82, 2.24) is 19.9 Å². The van der Waals surface area contributed by atoms with Crippen molar-refractivity contribution in [2.45, 2.75) is 6.04 Å². The SMILES string of the molecule is c1ccc(-c2cc(N3CCN[C@H](c4ccccc4)C3)n3nccc3n2)cc1. The van der Waals surface area contributed by atoms with Gasteiger partial charge < -0.3 is 10.2 Å². The molecule has 0 amide bonds. The number of anilines is 1. The summed E-state index contributed by atoms with van der Waals surface area (Å²) < 4.78 is 1.94. The van der Waals surface area contributed by atoms with E-state index in [2.05, 4.69) is 63.8 Å². The van der Waals surface area contributed by atoms with Crippen molar-refractivity contribution >= 4 is 11.5 Å². The predicted octanol–water partition coefficient (Wildman–Crippen LogP) is 3.55. The van der Waals surface area contributed by atoms with Crippen molar-refractivity contribution in [2.24, 2.45) is 0 Å². The Morgan fingerprint density at radius 3 is 2.52 bits per heavy atom. The Bertz CT molecular complexity index is 1040. The normalized spacial score (nSPS) is 17.3. The minimum Gasteiger partial charge on any atom is -0.353 e. The maximum Gasteiger partial charge on any atom is 0.157 e. The van der Waals surface area contributed by atoms with E-state index in [9.17, 15) is 0 Å². The van der Waals surface area contributed by atoms with Crippen LogP contribution in [0.25, 0.3) is 16.9 Å². The number of rotatable bonds is 3. The molecule has 1 N–H and O–H groups in total. The molecule has 1 fully saturated rings. The van der Waals surface area contributed by atoms with E-state index < -0.39 is 0 Å². The van der Waals surface area contributed by atoms with Gasteiger partial charge in [-0.05, 0) is 5.56 Å². The molecule has 3 heterocycles. The molecule has 0 spiro atoms. The molecule has 0 radical (unpaired) electrons. The van der Waals surface area contributed by atoms with Crippen molar-refractivity contribution < 1.29 is 0 Å². The fourth-order valence-corrected chi connectivity index (χ4v) is 3.75. The molecule has 0 bridgehead atoms. The Kier molecular flexibility index (Phi) is 4.07. The predicted molar refractivity (Wildman–Crippen MR) is 108 cm³/mol. The number of hydrogen-bond donors (Lipinski definition) is 1. The van der Waals surface area contributed by atoms with Gasteiger partial charge in [-0.2, -0.15) is 9.61 Å². The summed E-state index contributed by atoms with van der Waals surface area (Å²) in [6.07, 6.45) is 1.82. The van der Waals surface area contributed by atoms with Gasteiger partial charge in [0, 0.05) is 43.4 Å². The van der Waals surface area contributed by atoms with E-state index in [-0.39, 0.29) is 0 Å². The summed E-state index contributed by atoms with van der Waals surface area (Å²) >= 11 is 0. The first-order valence-corrected chi connectivity index (χ1v) is 9.32. The molecule has 1 aliphatic heterocycles. The summed E-state index contributed by atoms with van der Waals surface area (Å²) in [7, 11) is 0. The molecule has 2 aromatic carbocycles. The van der Waals surface area contributed by atoms with Crippen molar-refractivity contribution in [3.05, 3.63) is 84.6 Å². The molecule has 1 atom stereocenters. The lowest BCUT2D eigenvalue weighted by Gasteiger charge is -2.35. The van der Waals surface area contributed by atoms with Crippen LogP contribution in [-0.4, -0.2) is 34.2 Å². The van der Waals surface area contributed by atoms with E-state index in [1.807, 2.05) is 35.0 Å². The third-order valence-electron chi connectivity index (χ3n) is 5.11. The second kappa shape index (κ2) is 6.85. The molecule has 0 unspecified atom stereocenters. The van der Waals surface area contributed by atoms with Crippen LogP contribution in [0, 0.1) is 0 Å². The fourth-order valence-electron chi connectivity index (χ4n) is 3.75. The lowest BCUT2D eigenvalue weighted by Crippen LogP contribution is -2.46. The van der Waals surface area contributed by atoms with Crippen LogP contribution in [0.2, 0.25) is 0 Å². The number of fused-ring (bicyclic) bond motifs is 1. The van der Waals surface area contributed by atoms with Crippen LogP contribution in [0.4, 0.5) is 5.82 Å². The second-order valence-electron chi connectivity index (χ2n) is 6.83. The Morgan fingerprint density at radius 2 is 1.70 bits per heavy atom. The molecule has 134 valence electrons. The highest BCUT2D eigenvalue weighted by molar-refractivity contribution is 5.67. The molecule has 5 heteroatoms. The number of nitrogens with zero attached hydrogens (tertiary/aromatic N) is 4. The first-order valence-electron chi connectivity index (χ1n) is 9.32. The Labute approximate surface area is 158 Å². The monoisotopic (exact) mass is 355 g/mol. The summed E-state index contributed by atoms with van der Waals surface area (Å²) in [6, 6.07) is 25.4. The van der Waals surface area contributed by atoms with Gasteiger partial charge in [-0.1, -0.05) is 60.7 Å². The van der Waals surface area contributed by atoms with E-state index in [4.69, 9.17) is 4.98 Å². The number of nitrogens with one attached hydrogen (secondary N) is 1. The fraction of sp³-hybridized carbons (Fsp3) is 0.182. The molecular weight excluding hydrogens is 334 g/mol. The zero-order valence-electron chi connectivity index (χ0n) is 15.0. The highest BCUT2D eigenvalue weighted by Crippen LogP contribution is 2.27. The van der Waals surface area contributed by atoms with Crippen LogP contribution in [0.3, 0.4) is 0 Å². The molecule has 0 saturated carbocycles. The topological polar surface area (TPSA) is 45.5 Å².